The van der Waals surface area contributed by atoms with Crippen LogP contribution in [0, 0.1) is 5.92 Å². The van der Waals surface area contributed by atoms with Crippen LogP contribution in [0.4, 0.5) is 0 Å². The summed E-state index contributed by atoms with van der Waals surface area (Å²) in [5.41, 5.74) is 0.723. The minimum atomic E-state index is -0.882. The lowest BCUT2D eigenvalue weighted by molar-refractivity contribution is -0.154. The maximum atomic E-state index is 12.5. The fourth-order valence-corrected chi connectivity index (χ4v) is 3.44. The van der Waals surface area contributed by atoms with E-state index in [0.717, 1.165) is 12.0 Å². The van der Waals surface area contributed by atoms with E-state index in [1.54, 1.807) is 11.0 Å². The van der Waals surface area contributed by atoms with Gasteiger partial charge in [0.05, 0.1) is 12.0 Å². The molecule has 0 bridgehead atoms. The largest absolute Gasteiger partial charge is 0.481 e. The van der Waals surface area contributed by atoms with Gasteiger partial charge in [-0.3, -0.25) is 9.59 Å². The van der Waals surface area contributed by atoms with E-state index in [1.165, 1.54) is 0 Å². The van der Waals surface area contributed by atoms with Crippen molar-refractivity contribution >= 4 is 11.9 Å². The van der Waals surface area contributed by atoms with Crippen molar-refractivity contribution in [1.29, 1.82) is 0 Å². The van der Waals surface area contributed by atoms with E-state index in [-0.39, 0.29) is 25.2 Å². The van der Waals surface area contributed by atoms with Gasteiger partial charge in [0.1, 0.15) is 0 Å². The summed E-state index contributed by atoms with van der Waals surface area (Å²) in [7, 11) is 0. The first-order valence-corrected chi connectivity index (χ1v) is 7.97. The molecule has 6 heteroatoms. The second-order valence-electron chi connectivity index (χ2n) is 6.07. The summed E-state index contributed by atoms with van der Waals surface area (Å²) < 4.78 is 11.0. The molecule has 1 aromatic carbocycles. The lowest BCUT2D eigenvalue weighted by atomic mass is 9.82. The van der Waals surface area contributed by atoms with Crippen LogP contribution in [0.3, 0.4) is 0 Å². The van der Waals surface area contributed by atoms with Gasteiger partial charge in [-0.05, 0) is 25.8 Å². The van der Waals surface area contributed by atoms with Crippen LogP contribution in [0.25, 0.3) is 0 Å². The summed E-state index contributed by atoms with van der Waals surface area (Å²) in [6.07, 6.45) is 1.38. The van der Waals surface area contributed by atoms with E-state index < -0.39 is 17.9 Å². The number of hydrogen-bond donors (Lipinski definition) is 1. The molecule has 0 radical (unpaired) electrons. The number of para-hydroxylation sites is 1. The molecular weight excluding hydrogens is 298 g/mol. The summed E-state index contributed by atoms with van der Waals surface area (Å²) in [6.45, 7) is 4.07. The predicted octanol–water partition coefficient (Wildman–Crippen LogP) is 2.58. The summed E-state index contributed by atoms with van der Waals surface area (Å²) in [5, 5.41) is 9.67. The monoisotopic (exact) mass is 319 g/mol. The average Bonchev–Trinajstić information content (AvgIpc) is 3.02. The van der Waals surface area contributed by atoms with E-state index in [2.05, 4.69) is 0 Å². The van der Waals surface area contributed by atoms with E-state index >= 15 is 0 Å². The van der Waals surface area contributed by atoms with Gasteiger partial charge in [0.2, 0.25) is 12.7 Å². The molecule has 1 amide bonds. The number of aliphatic carboxylic acids is 1. The molecule has 0 aliphatic carbocycles. The number of carboxylic acids is 1. The third-order valence-corrected chi connectivity index (χ3v) is 4.77. The SMILES string of the molecule is CCC(C)N1C(=O)CCC(C(=O)O)C1c1cccc2c1OCO2. The molecule has 3 atom stereocenters. The molecular formula is C17H21NO5. The molecule has 3 rings (SSSR count). The first-order chi connectivity index (χ1) is 11.0. The minimum Gasteiger partial charge on any atom is -0.481 e. The number of carboxylic acid groups (broad SMARTS) is 1. The van der Waals surface area contributed by atoms with E-state index in [4.69, 9.17) is 9.47 Å². The molecule has 2 heterocycles. The van der Waals surface area contributed by atoms with Gasteiger partial charge >= 0.3 is 5.97 Å². The highest BCUT2D eigenvalue weighted by Crippen LogP contribution is 2.46. The van der Waals surface area contributed by atoms with Crippen molar-refractivity contribution < 1.29 is 24.2 Å². The van der Waals surface area contributed by atoms with Crippen LogP contribution in [0.2, 0.25) is 0 Å². The zero-order valence-electron chi connectivity index (χ0n) is 13.3. The molecule has 2 aliphatic rings. The number of amides is 1. The van der Waals surface area contributed by atoms with E-state index in [0.29, 0.717) is 17.9 Å². The quantitative estimate of drug-likeness (QED) is 0.923. The number of fused-ring (bicyclic) bond motifs is 1. The van der Waals surface area contributed by atoms with Crippen LogP contribution in [-0.2, 0) is 9.59 Å². The van der Waals surface area contributed by atoms with Crippen molar-refractivity contribution in [3.05, 3.63) is 23.8 Å². The molecule has 1 aromatic rings. The predicted molar refractivity (Wildman–Crippen MR) is 82.3 cm³/mol. The van der Waals surface area contributed by atoms with Gasteiger partial charge < -0.3 is 19.5 Å². The highest BCUT2D eigenvalue weighted by atomic mass is 16.7. The van der Waals surface area contributed by atoms with Gasteiger partial charge in [-0.1, -0.05) is 19.1 Å². The number of rotatable bonds is 4. The number of nitrogens with zero attached hydrogens (tertiary/aromatic N) is 1. The first-order valence-electron chi connectivity index (χ1n) is 7.97. The lowest BCUT2D eigenvalue weighted by Crippen LogP contribution is -2.49. The Morgan fingerprint density at radius 2 is 2.22 bits per heavy atom. The van der Waals surface area contributed by atoms with Gasteiger partial charge in [-0.15, -0.1) is 0 Å². The Labute approximate surface area is 135 Å². The molecule has 0 spiro atoms. The number of ether oxygens (including phenoxy) is 2. The van der Waals surface area contributed by atoms with Crippen molar-refractivity contribution in [3.8, 4) is 11.5 Å². The van der Waals surface area contributed by atoms with Gasteiger partial charge in [-0.2, -0.15) is 0 Å². The highest BCUT2D eigenvalue weighted by Gasteiger charge is 2.44. The Hall–Kier alpha value is -2.24. The second-order valence-corrected chi connectivity index (χ2v) is 6.07. The molecule has 0 saturated carbocycles. The standard InChI is InChI=1S/C17H21NO5/c1-3-10(2)18-14(19)8-7-12(17(20)21)15(18)11-5-4-6-13-16(11)23-9-22-13/h4-6,10,12,15H,3,7-9H2,1-2H3,(H,20,21). The third-order valence-electron chi connectivity index (χ3n) is 4.77. The normalized spacial score (nSPS) is 24.6. The zero-order chi connectivity index (χ0) is 16.6. The Bertz CT molecular complexity index is 629. The van der Waals surface area contributed by atoms with Crippen molar-refractivity contribution in [3.63, 3.8) is 0 Å². The molecule has 3 unspecified atom stereocenters. The summed E-state index contributed by atoms with van der Waals surface area (Å²) in [5.74, 6) is -0.358. The zero-order valence-corrected chi connectivity index (χ0v) is 13.3. The molecule has 124 valence electrons. The number of piperidine rings is 1. The maximum Gasteiger partial charge on any atom is 0.308 e. The van der Waals surface area contributed by atoms with Gasteiger partial charge in [-0.25, -0.2) is 0 Å². The Balaban J connectivity index is 2.10. The number of hydrogen-bond acceptors (Lipinski definition) is 4. The van der Waals surface area contributed by atoms with Crippen molar-refractivity contribution in [2.24, 2.45) is 5.92 Å². The van der Waals surface area contributed by atoms with Gasteiger partial charge in [0.25, 0.3) is 0 Å². The number of carbonyl (C=O) groups is 2. The second kappa shape index (κ2) is 6.10. The molecule has 1 N–H and O–H groups in total. The molecule has 1 saturated heterocycles. The Kier molecular flexibility index (Phi) is 4.15. The van der Waals surface area contributed by atoms with E-state index in [1.807, 2.05) is 26.0 Å². The van der Waals surface area contributed by atoms with E-state index in [9.17, 15) is 14.7 Å². The molecule has 1 fully saturated rings. The summed E-state index contributed by atoms with van der Waals surface area (Å²) in [6, 6.07) is 4.88. The van der Waals surface area contributed by atoms with Crippen molar-refractivity contribution in [1.82, 2.24) is 4.90 Å². The number of likely N-dealkylation sites (tertiary alicyclic amines) is 1. The molecule has 0 aromatic heterocycles. The van der Waals surface area contributed by atoms with Crippen molar-refractivity contribution in [2.45, 2.75) is 45.2 Å². The Morgan fingerprint density at radius 3 is 2.91 bits per heavy atom. The fraction of sp³-hybridized carbons (Fsp3) is 0.529. The topological polar surface area (TPSA) is 76.1 Å². The molecule has 6 nitrogen and oxygen atoms in total. The van der Waals surface area contributed by atoms with Crippen molar-refractivity contribution in [2.75, 3.05) is 6.79 Å². The minimum absolute atomic E-state index is 0.00151. The first kappa shape index (κ1) is 15.6. The number of carbonyl (C=O) groups excluding carboxylic acids is 1. The summed E-state index contributed by atoms with van der Waals surface area (Å²) >= 11 is 0. The Morgan fingerprint density at radius 1 is 1.43 bits per heavy atom. The van der Waals surface area contributed by atoms with Crippen LogP contribution in [0.5, 0.6) is 11.5 Å². The van der Waals surface area contributed by atoms with Crippen LogP contribution in [0.1, 0.15) is 44.7 Å². The van der Waals surface area contributed by atoms with Crippen LogP contribution < -0.4 is 9.47 Å². The van der Waals surface area contributed by atoms with Gasteiger partial charge in [0.15, 0.2) is 11.5 Å². The lowest BCUT2D eigenvalue weighted by Gasteiger charge is -2.43. The van der Waals surface area contributed by atoms with Crippen LogP contribution in [-0.4, -0.2) is 34.7 Å². The molecule has 23 heavy (non-hydrogen) atoms. The molecule has 2 aliphatic heterocycles. The number of benzene rings is 1. The smallest absolute Gasteiger partial charge is 0.308 e. The summed E-state index contributed by atoms with van der Waals surface area (Å²) in [4.78, 5) is 26.0. The average molecular weight is 319 g/mol. The van der Waals surface area contributed by atoms with Crippen LogP contribution >= 0.6 is 0 Å². The highest BCUT2D eigenvalue weighted by molar-refractivity contribution is 5.82. The third kappa shape index (κ3) is 2.62. The van der Waals surface area contributed by atoms with Gasteiger partial charge in [0, 0.05) is 18.0 Å². The van der Waals surface area contributed by atoms with Crippen LogP contribution in [0.15, 0.2) is 18.2 Å². The fourth-order valence-electron chi connectivity index (χ4n) is 3.44. The maximum absolute atomic E-state index is 12.5.